The maximum absolute atomic E-state index is 11.2. The number of hydrogen-bond donors (Lipinski definition) is 1. The summed E-state index contributed by atoms with van der Waals surface area (Å²) in [5, 5.41) is 3.45. The monoisotopic (exact) mass is 249 g/mol. The van der Waals surface area contributed by atoms with Crippen LogP contribution in [0.15, 0.2) is 0 Å². The molecule has 0 aliphatic rings. The van der Waals surface area contributed by atoms with E-state index < -0.39 is 9.84 Å². The summed E-state index contributed by atoms with van der Waals surface area (Å²) in [7, 11) is -2.85. The highest BCUT2D eigenvalue weighted by Crippen LogP contribution is 2.26. The van der Waals surface area contributed by atoms with E-state index in [0.29, 0.717) is 0 Å². The fraction of sp³-hybridized carbons (Fsp3) is 1.00. The van der Waals surface area contributed by atoms with Crippen molar-refractivity contribution >= 4 is 9.84 Å². The van der Waals surface area contributed by atoms with Gasteiger partial charge in [0.2, 0.25) is 0 Å². The van der Waals surface area contributed by atoms with E-state index in [2.05, 4.69) is 39.9 Å². The van der Waals surface area contributed by atoms with E-state index in [1.165, 1.54) is 6.26 Å². The van der Waals surface area contributed by atoms with Crippen LogP contribution in [0.5, 0.6) is 0 Å². The van der Waals surface area contributed by atoms with Crippen LogP contribution in [0, 0.1) is 5.41 Å². The zero-order chi connectivity index (χ0) is 13.0. The highest BCUT2D eigenvalue weighted by Gasteiger charge is 2.25. The van der Waals surface area contributed by atoms with Gasteiger partial charge in [0.1, 0.15) is 9.84 Å². The van der Waals surface area contributed by atoms with Crippen LogP contribution >= 0.6 is 0 Å². The quantitative estimate of drug-likeness (QED) is 0.785. The second kappa shape index (κ2) is 5.50. The lowest BCUT2D eigenvalue weighted by Gasteiger charge is -2.32. The highest BCUT2D eigenvalue weighted by molar-refractivity contribution is 7.90. The fourth-order valence-corrected chi connectivity index (χ4v) is 2.16. The molecule has 1 atom stereocenters. The summed E-state index contributed by atoms with van der Waals surface area (Å²) in [4.78, 5) is 0. The van der Waals surface area contributed by atoms with Crippen molar-refractivity contribution < 1.29 is 8.42 Å². The first-order chi connectivity index (χ1) is 6.97. The van der Waals surface area contributed by atoms with Crippen molar-refractivity contribution in [2.45, 2.75) is 53.0 Å². The van der Waals surface area contributed by atoms with E-state index in [-0.39, 0.29) is 16.7 Å². The molecule has 0 amide bonds. The SMILES string of the molecule is CCC(C)(CCS(C)(=O)=O)CNC(C)(C)C. The van der Waals surface area contributed by atoms with Crippen molar-refractivity contribution in [3.8, 4) is 0 Å². The Labute approximate surface area is 101 Å². The molecular weight excluding hydrogens is 222 g/mol. The second-order valence-electron chi connectivity index (χ2n) is 6.15. The molecule has 4 heteroatoms. The Bertz CT molecular complexity index is 303. The zero-order valence-corrected chi connectivity index (χ0v) is 12.4. The maximum Gasteiger partial charge on any atom is 0.147 e. The first-order valence-corrected chi connectivity index (χ1v) is 7.96. The lowest BCUT2D eigenvalue weighted by atomic mass is 9.84. The van der Waals surface area contributed by atoms with Crippen molar-refractivity contribution in [1.29, 1.82) is 0 Å². The summed E-state index contributed by atoms with van der Waals surface area (Å²) in [6.45, 7) is 11.5. The molecule has 0 aliphatic carbocycles. The van der Waals surface area contributed by atoms with E-state index in [0.717, 1.165) is 19.4 Å². The van der Waals surface area contributed by atoms with Gasteiger partial charge in [0.05, 0.1) is 5.75 Å². The molecule has 0 heterocycles. The fourth-order valence-electron chi connectivity index (χ4n) is 1.30. The number of nitrogens with one attached hydrogen (secondary N) is 1. The topological polar surface area (TPSA) is 46.2 Å². The lowest BCUT2D eigenvalue weighted by molar-refractivity contribution is 0.249. The van der Waals surface area contributed by atoms with Crippen LogP contribution in [0.2, 0.25) is 0 Å². The molecule has 98 valence electrons. The van der Waals surface area contributed by atoms with E-state index in [1.807, 2.05) is 0 Å². The van der Waals surface area contributed by atoms with E-state index in [1.54, 1.807) is 0 Å². The van der Waals surface area contributed by atoms with Gasteiger partial charge in [0, 0.05) is 18.3 Å². The molecule has 0 rings (SSSR count). The van der Waals surface area contributed by atoms with Crippen molar-refractivity contribution in [3.63, 3.8) is 0 Å². The van der Waals surface area contributed by atoms with Crippen LogP contribution in [-0.2, 0) is 9.84 Å². The molecule has 0 saturated heterocycles. The molecule has 3 nitrogen and oxygen atoms in total. The molecule has 0 aliphatic heterocycles. The molecule has 16 heavy (non-hydrogen) atoms. The third-order valence-corrected chi connectivity index (χ3v) is 3.92. The Morgan fingerprint density at radius 3 is 1.94 bits per heavy atom. The summed E-state index contributed by atoms with van der Waals surface area (Å²) >= 11 is 0. The van der Waals surface area contributed by atoms with Crippen molar-refractivity contribution in [3.05, 3.63) is 0 Å². The minimum Gasteiger partial charge on any atom is -0.312 e. The normalized spacial score (nSPS) is 17.1. The molecule has 0 aromatic heterocycles. The Kier molecular flexibility index (Phi) is 5.47. The van der Waals surface area contributed by atoms with Gasteiger partial charge in [-0.2, -0.15) is 0 Å². The summed E-state index contributed by atoms with van der Waals surface area (Å²) in [6, 6.07) is 0. The zero-order valence-electron chi connectivity index (χ0n) is 11.6. The average Bonchev–Trinajstić information content (AvgIpc) is 2.09. The largest absolute Gasteiger partial charge is 0.312 e. The molecule has 0 aromatic carbocycles. The van der Waals surface area contributed by atoms with Gasteiger partial charge < -0.3 is 5.32 Å². The number of hydrogen-bond acceptors (Lipinski definition) is 3. The average molecular weight is 249 g/mol. The number of sulfone groups is 1. The van der Waals surface area contributed by atoms with Gasteiger partial charge >= 0.3 is 0 Å². The summed E-state index contributed by atoms with van der Waals surface area (Å²) in [5.41, 5.74) is 0.151. The Morgan fingerprint density at radius 2 is 1.62 bits per heavy atom. The molecule has 1 unspecified atom stereocenters. The van der Waals surface area contributed by atoms with Crippen molar-refractivity contribution in [1.82, 2.24) is 5.32 Å². The van der Waals surface area contributed by atoms with Gasteiger partial charge in [-0.05, 0) is 39.0 Å². The molecular formula is C12H27NO2S. The third kappa shape index (κ3) is 8.11. The van der Waals surface area contributed by atoms with Gasteiger partial charge in [-0.3, -0.25) is 0 Å². The summed E-state index contributed by atoms with van der Waals surface area (Å²) < 4.78 is 22.3. The third-order valence-electron chi connectivity index (χ3n) is 2.98. The summed E-state index contributed by atoms with van der Waals surface area (Å²) in [5.74, 6) is 0.281. The van der Waals surface area contributed by atoms with Gasteiger partial charge in [-0.1, -0.05) is 13.8 Å². The Morgan fingerprint density at radius 1 is 1.12 bits per heavy atom. The lowest BCUT2D eigenvalue weighted by Crippen LogP contribution is -2.43. The minimum absolute atomic E-state index is 0.0658. The maximum atomic E-state index is 11.2. The molecule has 0 aromatic rings. The van der Waals surface area contributed by atoms with Crippen molar-refractivity contribution in [2.75, 3.05) is 18.6 Å². The Balaban J connectivity index is 4.32. The van der Waals surface area contributed by atoms with E-state index in [4.69, 9.17) is 0 Å². The van der Waals surface area contributed by atoms with Crippen LogP contribution in [0.1, 0.15) is 47.5 Å². The molecule has 0 bridgehead atoms. The standard InChI is InChI=1S/C12H27NO2S/c1-7-12(5,8-9-16(6,14)15)10-13-11(2,3)4/h13H,7-10H2,1-6H3. The predicted octanol–water partition coefficient (Wildman–Crippen LogP) is 2.23. The van der Waals surface area contributed by atoms with Crippen LogP contribution in [-0.4, -0.2) is 32.5 Å². The van der Waals surface area contributed by atoms with E-state index >= 15 is 0 Å². The van der Waals surface area contributed by atoms with E-state index in [9.17, 15) is 8.42 Å². The minimum atomic E-state index is -2.85. The first kappa shape index (κ1) is 15.9. The van der Waals surface area contributed by atoms with Gasteiger partial charge in [-0.15, -0.1) is 0 Å². The predicted molar refractivity (Wildman–Crippen MR) is 70.5 cm³/mol. The van der Waals surface area contributed by atoms with Crippen LogP contribution in [0.25, 0.3) is 0 Å². The molecule has 0 fully saturated rings. The highest BCUT2D eigenvalue weighted by atomic mass is 32.2. The van der Waals surface area contributed by atoms with Gasteiger partial charge in [-0.25, -0.2) is 8.42 Å². The smallest absolute Gasteiger partial charge is 0.147 e. The second-order valence-corrected chi connectivity index (χ2v) is 8.41. The summed E-state index contributed by atoms with van der Waals surface area (Å²) in [6.07, 6.45) is 3.03. The molecule has 0 spiro atoms. The van der Waals surface area contributed by atoms with Gasteiger partial charge in [0.15, 0.2) is 0 Å². The van der Waals surface area contributed by atoms with Crippen LogP contribution < -0.4 is 5.32 Å². The van der Waals surface area contributed by atoms with Gasteiger partial charge in [0.25, 0.3) is 0 Å². The Hall–Kier alpha value is -0.0900. The molecule has 0 radical (unpaired) electrons. The number of rotatable bonds is 6. The molecule has 1 N–H and O–H groups in total. The molecule has 0 saturated carbocycles. The van der Waals surface area contributed by atoms with Crippen LogP contribution in [0.4, 0.5) is 0 Å². The van der Waals surface area contributed by atoms with Crippen LogP contribution in [0.3, 0.4) is 0 Å². The first-order valence-electron chi connectivity index (χ1n) is 5.90. The van der Waals surface area contributed by atoms with Crippen molar-refractivity contribution in [2.24, 2.45) is 5.41 Å².